The number of nitrogens with zero attached hydrogens (tertiary/aromatic N) is 3. The normalized spacial score (nSPS) is 13.5. The lowest BCUT2D eigenvalue weighted by Gasteiger charge is -2.37. The number of methoxy groups -OCH3 is 1. The largest absolute Gasteiger partial charge is 0.497 e. The minimum atomic E-state index is -1.11. The molecule has 1 amide bonds. The second-order valence-corrected chi connectivity index (χ2v) is 7.92. The van der Waals surface area contributed by atoms with Crippen LogP contribution >= 0.6 is 11.6 Å². The first kappa shape index (κ1) is 22.4. The lowest BCUT2D eigenvalue weighted by molar-refractivity contribution is 0.0696. The summed E-state index contributed by atoms with van der Waals surface area (Å²) in [5.41, 5.74) is 1.73. The summed E-state index contributed by atoms with van der Waals surface area (Å²) in [5.74, 6) is -0.451. The van der Waals surface area contributed by atoms with E-state index in [1.807, 2.05) is 29.2 Å². The summed E-state index contributed by atoms with van der Waals surface area (Å²) < 4.78 is 5.10. The molecule has 9 heteroatoms. The maximum absolute atomic E-state index is 12.5. The van der Waals surface area contributed by atoms with Crippen molar-refractivity contribution in [2.45, 2.75) is 0 Å². The van der Waals surface area contributed by atoms with Crippen LogP contribution in [0.25, 0.3) is 0 Å². The molecular formula is C24H23ClN4O4. The number of pyridine rings is 1. The lowest BCUT2D eigenvalue weighted by atomic mass is 10.1. The molecule has 170 valence electrons. The predicted octanol–water partition coefficient (Wildman–Crippen LogP) is 4.02. The van der Waals surface area contributed by atoms with Gasteiger partial charge in [0.15, 0.2) is 0 Å². The minimum absolute atomic E-state index is 0.0359. The predicted molar refractivity (Wildman–Crippen MR) is 128 cm³/mol. The number of anilines is 3. The highest BCUT2D eigenvalue weighted by Crippen LogP contribution is 2.28. The van der Waals surface area contributed by atoms with Gasteiger partial charge in [0, 0.05) is 31.7 Å². The fraction of sp³-hybridized carbons (Fsp3) is 0.208. The number of carbonyl (C=O) groups excluding carboxylic acids is 1. The summed E-state index contributed by atoms with van der Waals surface area (Å²) in [6.07, 6.45) is 1.48. The van der Waals surface area contributed by atoms with Crippen molar-refractivity contribution >= 4 is 40.7 Å². The topological polar surface area (TPSA) is 95.0 Å². The van der Waals surface area contributed by atoms with Crippen LogP contribution in [0.1, 0.15) is 20.7 Å². The Hall–Kier alpha value is -3.78. The molecule has 0 atom stereocenters. The Morgan fingerprint density at radius 2 is 1.70 bits per heavy atom. The number of carbonyl (C=O) groups is 2. The minimum Gasteiger partial charge on any atom is -0.497 e. The van der Waals surface area contributed by atoms with Crippen molar-refractivity contribution in [1.29, 1.82) is 0 Å². The van der Waals surface area contributed by atoms with E-state index in [0.717, 1.165) is 5.69 Å². The zero-order valence-electron chi connectivity index (χ0n) is 18.0. The molecule has 1 aliphatic heterocycles. The van der Waals surface area contributed by atoms with Crippen LogP contribution in [-0.2, 0) is 0 Å². The van der Waals surface area contributed by atoms with Crippen molar-refractivity contribution in [2.75, 3.05) is 48.4 Å². The van der Waals surface area contributed by atoms with Crippen LogP contribution in [0.3, 0.4) is 0 Å². The van der Waals surface area contributed by atoms with E-state index in [1.165, 1.54) is 12.3 Å². The number of nitrogens with one attached hydrogen (secondary N) is 1. The second kappa shape index (κ2) is 9.79. The molecule has 2 heterocycles. The zero-order valence-corrected chi connectivity index (χ0v) is 18.7. The monoisotopic (exact) mass is 466 g/mol. The van der Waals surface area contributed by atoms with Crippen LogP contribution in [0, 0.1) is 0 Å². The van der Waals surface area contributed by atoms with E-state index < -0.39 is 5.97 Å². The number of halogens is 1. The summed E-state index contributed by atoms with van der Waals surface area (Å²) in [7, 11) is 1.55. The van der Waals surface area contributed by atoms with Crippen molar-refractivity contribution in [3.63, 3.8) is 0 Å². The molecule has 1 saturated heterocycles. The number of benzene rings is 2. The maximum Gasteiger partial charge on any atom is 0.339 e. The molecule has 3 aromatic rings. The van der Waals surface area contributed by atoms with E-state index >= 15 is 0 Å². The number of hydrogen-bond acceptors (Lipinski definition) is 6. The van der Waals surface area contributed by atoms with Gasteiger partial charge in [0.2, 0.25) is 0 Å². The van der Waals surface area contributed by atoms with Gasteiger partial charge < -0.3 is 25.0 Å². The molecule has 1 aromatic heterocycles. The van der Waals surface area contributed by atoms with E-state index in [9.17, 15) is 14.7 Å². The maximum atomic E-state index is 12.5. The molecule has 0 radical (unpaired) electrons. The van der Waals surface area contributed by atoms with Gasteiger partial charge in [-0.15, -0.1) is 0 Å². The van der Waals surface area contributed by atoms with Gasteiger partial charge in [-0.1, -0.05) is 23.7 Å². The van der Waals surface area contributed by atoms with Gasteiger partial charge in [-0.25, -0.2) is 9.78 Å². The average molecular weight is 467 g/mol. The number of hydrogen-bond donors (Lipinski definition) is 2. The molecular weight excluding hydrogens is 444 g/mol. The van der Waals surface area contributed by atoms with Gasteiger partial charge in [0.1, 0.15) is 17.1 Å². The highest BCUT2D eigenvalue weighted by Gasteiger charge is 2.24. The van der Waals surface area contributed by atoms with Gasteiger partial charge in [0.05, 0.1) is 29.7 Å². The van der Waals surface area contributed by atoms with Crippen molar-refractivity contribution in [2.24, 2.45) is 0 Å². The molecule has 0 bridgehead atoms. The average Bonchev–Trinajstić information content (AvgIpc) is 2.84. The van der Waals surface area contributed by atoms with Gasteiger partial charge in [-0.05, 0) is 42.5 Å². The van der Waals surface area contributed by atoms with E-state index in [1.54, 1.807) is 31.4 Å². The second-order valence-electron chi connectivity index (χ2n) is 7.51. The standard InChI is InChI=1S/C24H23ClN4O4/c1-33-18-8-6-16(7-9-18)23(30)27-17-14-19(24(31)32)22(26-15-17)29-12-10-28(11-13-29)21-5-3-2-4-20(21)25/h2-9,14-15H,10-13H2,1H3,(H,27,30)(H,31,32). The SMILES string of the molecule is COc1ccc(C(=O)Nc2cnc(N3CCN(c4ccccc4Cl)CC3)c(C(=O)O)c2)cc1. The fourth-order valence-electron chi connectivity index (χ4n) is 3.75. The number of carboxylic acids is 1. The number of para-hydroxylation sites is 1. The van der Waals surface area contributed by atoms with Gasteiger partial charge in [-0.3, -0.25) is 4.79 Å². The molecule has 8 nitrogen and oxygen atoms in total. The first-order valence-corrected chi connectivity index (χ1v) is 10.8. The highest BCUT2D eigenvalue weighted by atomic mass is 35.5. The van der Waals surface area contributed by atoms with E-state index in [4.69, 9.17) is 16.3 Å². The van der Waals surface area contributed by atoms with Crippen LogP contribution in [0.15, 0.2) is 60.8 Å². The molecule has 0 spiro atoms. The van der Waals surface area contributed by atoms with Crippen LogP contribution in [-0.4, -0.2) is 55.3 Å². The van der Waals surface area contributed by atoms with Crippen LogP contribution in [0.2, 0.25) is 5.02 Å². The molecule has 1 fully saturated rings. The first-order chi connectivity index (χ1) is 16.0. The lowest BCUT2D eigenvalue weighted by Crippen LogP contribution is -2.47. The Balaban J connectivity index is 1.48. The third kappa shape index (κ3) is 5.01. The molecule has 0 aliphatic carbocycles. The van der Waals surface area contributed by atoms with Gasteiger partial charge in [0.25, 0.3) is 5.91 Å². The fourth-order valence-corrected chi connectivity index (χ4v) is 4.00. The smallest absolute Gasteiger partial charge is 0.339 e. The molecule has 0 saturated carbocycles. The van der Waals surface area contributed by atoms with Crippen LogP contribution in [0.4, 0.5) is 17.2 Å². The van der Waals surface area contributed by atoms with Crippen molar-refractivity contribution in [3.05, 3.63) is 76.9 Å². The Labute approximate surface area is 196 Å². The Bertz CT molecular complexity index is 1160. The highest BCUT2D eigenvalue weighted by molar-refractivity contribution is 6.33. The van der Waals surface area contributed by atoms with Crippen molar-refractivity contribution in [3.8, 4) is 5.75 Å². The van der Waals surface area contributed by atoms with Crippen LogP contribution < -0.4 is 19.9 Å². The van der Waals surface area contributed by atoms with Crippen LogP contribution in [0.5, 0.6) is 5.75 Å². The summed E-state index contributed by atoms with van der Waals surface area (Å²) >= 11 is 6.31. The Morgan fingerprint density at radius 1 is 1.03 bits per heavy atom. The Kier molecular flexibility index (Phi) is 6.65. The van der Waals surface area contributed by atoms with E-state index in [2.05, 4.69) is 15.2 Å². The first-order valence-electron chi connectivity index (χ1n) is 10.4. The summed E-state index contributed by atoms with van der Waals surface area (Å²) in [4.78, 5) is 33.0. The number of ether oxygens (including phenoxy) is 1. The third-order valence-electron chi connectivity index (χ3n) is 5.48. The number of amides is 1. The Morgan fingerprint density at radius 3 is 2.33 bits per heavy atom. The quantitative estimate of drug-likeness (QED) is 0.566. The molecule has 4 rings (SSSR count). The number of aromatic nitrogens is 1. The number of rotatable bonds is 6. The van der Waals surface area contributed by atoms with Crippen molar-refractivity contribution in [1.82, 2.24) is 4.98 Å². The van der Waals surface area contributed by atoms with E-state index in [-0.39, 0.29) is 11.5 Å². The van der Waals surface area contributed by atoms with Crippen molar-refractivity contribution < 1.29 is 19.4 Å². The molecule has 2 N–H and O–H groups in total. The molecule has 33 heavy (non-hydrogen) atoms. The summed E-state index contributed by atoms with van der Waals surface area (Å²) in [6.45, 7) is 2.55. The van der Waals surface area contributed by atoms with Gasteiger partial charge >= 0.3 is 5.97 Å². The molecule has 0 unspecified atom stereocenters. The number of aromatic carboxylic acids is 1. The number of carboxylic acid groups (broad SMARTS) is 1. The molecule has 2 aromatic carbocycles. The summed E-state index contributed by atoms with van der Waals surface area (Å²) in [6, 6.07) is 15.7. The van der Waals surface area contributed by atoms with E-state index in [0.29, 0.717) is 54.0 Å². The van der Waals surface area contributed by atoms with Gasteiger partial charge in [-0.2, -0.15) is 0 Å². The summed E-state index contributed by atoms with van der Waals surface area (Å²) in [5, 5.41) is 13.2. The number of piperazine rings is 1. The molecule has 1 aliphatic rings. The zero-order chi connectivity index (χ0) is 23.4. The third-order valence-corrected chi connectivity index (χ3v) is 5.80.